The molecule has 0 saturated carbocycles. The zero-order chi connectivity index (χ0) is 26.0. The van der Waals surface area contributed by atoms with Crippen molar-refractivity contribution >= 4 is 63.9 Å². The first-order valence-corrected chi connectivity index (χ1v) is 11.9. The van der Waals surface area contributed by atoms with Crippen LogP contribution >= 0.6 is 23.1 Å². The maximum absolute atomic E-state index is 12.7. The highest BCUT2D eigenvalue weighted by Crippen LogP contribution is 2.40. The van der Waals surface area contributed by atoms with Crippen molar-refractivity contribution in [2.24, 2.45) is 0 Å². The molecule has 3 heterocycles. The SMILES string of the molecule is O=CNc1nc(C(=O)C(=O)NC2C(=O)N3C(C(=O)OCc4ccc([N+](=O)[O-])cc4)=C(O)CS[C@@H]23)cs1. The third kappa shape index (κ3) is 4.76. The average molecular weight is 534 g/mol. The molecule has 0 spiro atoms. The molecule has 0 aliphatic carbocycles. The van der Waals surface area contributed by atoms with Crippen LogP contribution in [-0.2, 0) is 30.5 Å². The van der Waals surface area contributed by atoms with Crippen LogP contribution in [-0.4, -0.2) is 67.1 Å². The number of hydrogen-bond acceptors (Lipinski definition) is 12. The van der Waals surface area contributed by atoms with E-state index < -0.39 is 45.7 Å². The molecule has 186 valence electrons. The van der Waals surface area contributed by atoms with Crippen LogP contribution in [0.1, 0.15) is 16.1 Å². The molecule has 1 fully saturated rings. The fourth-order valence-corrected chi connectivity index (χ4v) is 5.19. The largest absolute Gasteiger partial charge is 0.509 e. The number of ketones is 1. The summed E-state index contributed by atoms with van der Waals surface area (Å²) in [4.78, 5) is 75.5. The number of ether oxygens (including phenoxy) is 1. The molecule has 0 bridgehead atoms. The number of aliphatic hydroxyl groups excluding tert-OH is 1. The number of carbonyl (C=O) groups excluding carboxylic acids is 5. The van der Waals surface area contributed by atoms with Crippen molar-refractivity contribution in [1.29, 1.82) is 0 Å². The van der Waals surface area contributed by atoms with E-state index in [1.807, 2.05) is 0 Å². The second kappa shape index (κ2) is 10.1. The first kappa shape index (κ1) is 24.8. The Kier molecular flexibility index (Phi) is 6.98. The molecule has 14 nitrogen and oxygen atoms in total. The summed E-state index contributed by atoms with van der Waals surface area (Å²) in [7, 11) is 0. The molecule has 2 aliphatic rings. The van der Waals surface area contributed by atoms with Gasteiger partial charge in [0, 0.05) is 17.5 Å². The summed E-state index contributed by atoms with van der Waals surface area (Å²) in [5, 5.41) is 26.2. The highest BCUT2D eigenvalue weighted by Gasteiger charge is 2.55. The maximum Gasteiger partial charge on any atom is 0.358 e. The van der Waals surface area contributed by atoms with Crippen molar-refractivity contribution in [2.45, 2.75) is 18.0 Å². The molecule has 2 aliphatic heterocycles. The zero-order valence-corrected chi connectivity index (χ0v) is 19.5. The van der Waals surface area contributed by atoms with Crippen molar-refractivity contribution in [3.63, 3.8) is 0 Å². The van der Waals surface area contributed by atoms with Gasteiger partial charge in [0.05, 0.1) is 10.7 Å². The topological polar surface area (TPSA) is 198 Å². The molecule has 36 heavy (non-hydrogen) atoms. The Morgan fingerprint density at radius 3 is 2.69 bits per heavy atom. The van der Waals surface area contributed by atoms with E-state index in [1.54, 1.807) is 0 Å². The fraction of sp³-hybridized carbons (Fsp3) is 0.200. The number of β-lactam (4-membered cyclic amide) rings is 1. The van der Waals surface area contributed by atoms with Crippen LogP contribution in [0, 0.1) is 10.1 Å². The molecule has 1 aromatic carbocycles. The van der Waals surface area contributed by atoms with Gasteiger partial charge in [-0.3, -0.25) is 34.2 Å². The number of carbonyl (C=O) groups is 5. The van der Waals surface area contributed by atoms with Crippen molar-refractivity contribution < 1.29 is 38.7 Å². The summed E-state index contributed by atoms with van der Waals surface area (Å²) in [6.07, 6.45) is 0.368. The standard InChI is InChI=1S/C20H15N5O9S2/c26-8-21-20-22-11(6-36-20)15(28)16(29)23-13-17(30)24-14(12(27)7-35-18(13)24)19(31)34-5-9-1-3-10(4-2-9)25(32)33/h1-4,6,8,13,18,27H,5,7H2,(H,23,29)(H,21,22,26)/t13?,18-/m0/s1. The van der Waals surface area contributed by atoms with Gasteiger partial charge in [-0.15, -0.1) is 23.1 Å². The van der Waals surface area contributed by atoms with E-state index in [0.717, 1.165) is 28.0 Å². The number of rotatable bonds is 9. The third-order valence-electron chi connectivity index (χ3n) is 5.07. The van der Waals surface area contributed by atoms with Crippen LogP contribution in [0.2, 0.25) is 0 Å². The van der Waals surface area contributed by atoms with Crippen molar-refractivity contribution in [3.8, 4) is 0 Å². The molecule has 1 unspecified atom stereocenters. The van der Waals surface area contributed by atoms with Gasteiger partial charge in [0.2, 0.25) is 6.41 Å². The summed E-state index contributed by atoms with van der Waals surface area (Å²) >= 11 is 2.01. The first-order valence-electron chi connectivity index (χ1n) is 9.99. The van der Waals surface area contributed by atoms with E-state index in [0.29, 0.717) is 12.0 Å². The van der Waals surface area contributed by atoms with Gasteiger partial charge >= 0.3 is 5.97 Å². The van der Waals surface area contributed by atoms with Gasteiger partial charge in [-0.25, -0.2) is 9.78 Å². The second-order valence-corrected chi connectivity index (χ2v) is 9.25. The van der Waals surface area contributed by atoms with E-state index in [4.69, 9.17) is 4.74 Å². The molecule has 1 saturated heterocycles. The minimum Gasteiger partial charge on any atom is -0.509 e. The molecular weight excluding hydrogens is 518 g/mol. The smallest absolute Gasteiger partial charge is 0.358 e. The number of benzene rings is 1. The number of nitrogens with one attached hydrogen (secondary N) is 2. The number of esters is 1. The minimum absolute atomic E-state index is 0.0520. The van der Waals surface area contributed by atoms with Crippen LogP contribution in [0.25, 0.3) is 0 Å². The molecular formula is C20H15N5O9S2. The maximum atomic E-state index is 12.7. The minimum atomic E-state index is -1.14. The molecule has 4 rings (SSSR count). The molecule has 3 N–H and O–H groups in total. The predicted octanol–water partition coefficient (Wildman–Crippen LogP) is 0.715. The zero-order valence-electron chi connectivity index (χ0n) is 17.9. The Morgan fingerprint density at radius 1 is 1.31 bits per heavy atom. The van der Waals surface area contributed by atoms with Gasteiger partial charge in [-0.2, -0.15) is 0 Å². The van der Waals surface area contributed by atoms with Crippen LogP contribution in [0.4, 0.5) is 10.8 Å². The van der Waals surface area contributed by atoms with Crippen molar-refractivity contribution in [2.75, 3.05) is 11.1 Å². The van der Waals surface area contributed by atoms with E-state index in [-0.39, 0.29) is 34.6 Å². The number of anilines is 1. The second-order valence-electron chi connectivity index (χ2n) is 7.29. The summed E-state index contributed by atoms with van der Waals surface area (Å²) in [5.41, 5.74) is -0.285. The van der Waals surface area contributed by atoms with Gasteiger partial charge < -0.3 is 20.5 Å². The third-order valence-corrected chi connectivity index (χ3v) is 7.11. The van der Waals surface area contributed by atoms with E-state index in [2.05, 4.69) is 15.6 Å². The number of nitro groups is 1. The Bertz CT molecular complexity index is 1310. The number of thioether (sulfide) groups is 1. The number of nitro benzene ring substituents is 1. The van der Waals surface area contributed by atoms with Gasteiger partial charge in [0.1, 0.15) is 29.5 Å². The lowest BCUT2D eigenvalue weighted by Gasteiger charge is -2.48. The van der Waals surface area contributed by atoms with Crippen LogP contribution < -0.4 is 10.6 Å². The summed E-state index contributed by atoms with van der Waals surface area (Å²) < 4.78 is 5.16. The summed E-state index contributed by atoms with van der Waals surface area (Å²) in [6.45, 7) is -0.267. The van der Waals surface area contributed by atoms with Gasteiger partial charge in [0.25, 0.3) is 23.3 Å². The Hall–Kier alpha value is -4.31. The Balaban J connectivity index is 1.38. The molecule has 2 atom stereocenters. The van der Waals surface area contributed by atoms with Gasteiger partial charge in [-0.05, 0) is 17.7 Å². The van der Waals surface area contributed by atoms with Gasteiger partial charge in [0.15, 0.2) is 10.8 Å². The first-order chi connectivity index (χ1) is 17.2. The average Bonchev–Trinajstić information content (AvgIpc) is 3.34. The van der Waals surface area contributed by atoms with Crippen LogP contribution in [0.5, 0.6) is 0 Å². The van der Waals surface area contributed by atoms with E-state index in [9.17, 15) is 39.2 Å². The number of aromatic nitrogens is 1. The summed E-state index contributed by atoms with van der Waals surface area (Å²) in [6, 6.07) is 4.15. The quantitative estimate of drug-likeness (QED) is 0.0780. The highest BCUT2D eigenvalue weighted by molar-refractivity contribution is 8.00. The number of fused-ring (bicyclic) bond motifs is 1. The monoisotopic (exact) mass is 533 g/mol. The highest BCUT2D eigenvalue weighted by atomic mass is 32.2. The summed E-state index contributed by atoms with van der Waals surface area (Å²) in [5.74, 6) is -4.29. The molecule has 0 radical (unpaired) electrons. The number of thiazole rings is 1. The number of hydrogen-bond donors (Lipinski definition) is 3. The number of nitrogens with zero attached hydrogens (tertiary/aromatic N) is 3. The van der Waals surface area contributed by atoms with Crippen molar-refractivity contribution in [3.05, 3.63) is 62.5 Å². The van der Waals surface area contributed by atoms with Crippen LogP contribution in [0.3, 0.4) is 0 Å². The Morgan fingerprint density at radius 2 is 2.03 bits per heavy atom. The number of aliphatic hydroxyl groups is 1. The lowest BCUT2D eigenvalue weighted by atomic mass is 10.0. The number of non-ortho nitro benzene ring substituents is 1. The predicted molar refractivity (Wildman–Crippen MR) is 124 cm³/mol. The molecule has 1 aromatic heterocycles. The number of Topliss-reactive ketones (excluding diaryl/α,β-unsaturated/α-hetero) is 1. The molecule has 2 aromatic rings. The van der Waals surface area contributed by atoms with Crippen molar-refractivity contribution in [1.82, 2.24) is 15.2 Å². The lowest BCUT2D eigenvalue weighted by molar-refractivity contribution is -0.384. The number of amides is 3. The molecule has 3 amide bonds. The molecule has 16 heteroatoms. The van der Waals surface area contributed by atoms with Crippen LogP contribution in [0.15, 0.2) is 41.1 Å². The Labute approximate surface area is 209 Å². The van der Waals surface area contributed by atoms with E-state index >= 15 is 0 Å². The van der Waals surface area contributed by atoms with Gasteiger partial charge in [-0.1, -0.05) is 0 Å². The lowest BCUT2D eigenvalue weighted by Crippen LogP contribution is -2.71. The normalized spacial score (nSPS) is 18.6. The van der Waals surface area contributed by atoms with E-state index in [1.165, 1.54) is 29.6 Å². The fourth-order valence-electron chi connectivity index (χ4n) is 3.34.